The fraction of sp³-hybridized carbons (Fsp3) is 0.214. The van der Waals surface area contributed by atoms with Gasteiger partial charge in [-0.1, -0.05) is 0 Å². The van der Waals surface area contributed by atoms with Crippen LogP contribution in [0.5, 0.6) is 5.75 Å². The largest absolute Gasteiger partial charge is 0.495 e. The van der Waals surface area contributed by atoms with Gasteiger partial charge in [0, 0.05) is 11.1 Å². The van der Waals surface area contributed by atoms with Crippen LogP contribution in [0, 0.1) is 6.92 Å². The zero-order valence-corrected chi connectivity index (χ0v) is 14.0. The molecule has 22 heavy (non-hydrogen) atoms. The maximum absolute atomic E-state index is 12.2. The molecule has 118 valence electrons. The van der Waals surface area contributed by atoms with Crippen LogP contribution in [0.4, 0.5) is 11.4 Å². The van der Waals surface area contributed by atoms with Crippen molar-refractivity contribution in [1.82, 2.24) is 0 Å². The number of anilines is 2. The van der Waals surface area contributed by atoms with E-state index < -0.39 is 10.0 Å². The van der Waals surface area contributed by atoms with Crippen molar-refractivity contribution >= 4 is 38.6 Å². The highest BCUT2D eigenvalue weighted by Crippen LogP contribution is 2.29. The fourth-order valence-corrected chi connectivity index (χ4v) is 3.24. The third-order valence-corrected chi connectivity index (χ3v) is 4.30. The minimum absolute atomic E-state index is 0.241. The molecule has 8 heteroatoms. The van der Waals surface area contributed by atoms with Crippen LogP contribution in [0.1, 0.15) is 15.9 Å². The van der Waals surface area contributed by atoms with E-state index in [-0.39, 0.29) is 11.6 Å². The summed E-state index contributed by atoms with van der Waals surface area (Å²) in [6.07, 6.45) is 1.05. The Kier molecular flexibility index (Phi) is 4.72. The van der Waals surface area contributed by atoms with Crippen LogP contribution >= 0.6 is 11.3 Å². The monoisotopic (exact) mass is 340 g/mol. The highest BCUT2D eigenvalue weighted by atomic mass is 32.2. The van der Waals surface area contributed by atoms with Crippen LogP contribution in [-0.2, 0) is 10.0 Å². The first kappa shape index (κ1) is 16.3. The summed E-state index contributed by atoms with van der Waals surface area (Å²) in [5.41, 5.74) is 2.23. The molecule has 0 radical (unpaired) electrons. The first-order valence-electron chi connectivity index (χ1n) is 6.30. The lowest BCUT2D eigenvalue weighted by atomic mass is 10.2. The normalized spacial score (nSPS) is 11.0. The Hall–Kier alpha value is -2.06. The predicted molar refractivity (Wildman–Crippen MR) is 88.5 cm³/mol. The summed E-state index contributed by atoms with van der Waals surface area (Å²) in [6.45, 7) is 1.86. The number of amides is 1. The van der Waals surface area contributed by atoms with Gasteiger partial charge in [0.05, 0.1) is 24.6 Å². The van der Waals surface area contributed by atoms with E-state index >= 15 is 0 Å². The van der Waals surface area contributed by atoms with Crippen LogP contribution in [0.2, 0.25) is 0 Å². The van der Waals surface area contributed by atoms with E-state index in [4.69, 9.17) is 4.74 Å². The molecule has 0 aliphatic rings. The van der Waals surface area contributed by atoms with Gasteiger partial charge in [0.15, 0.2) is 0 Å². The SMILES string of the molecule is COc1ccc(NC(=O)c2cscc2C)cc1NS(C)(=O)=O. The molecule has 0 bridgehead atoms. The lowest BCUT2D eigenvalue weighted by Crippen LogP contribution is -2.14. The first-order valence-corrected chi connectivity index (χ1v) is 9.13. The van der Waals surface area contributed by atoms with Crippen molar-refractivity contribution in [3.05, 3.63) is 40.1 Å². The second-order valence-electron chi connectivity index (χ2n) is 4.71. The second-order valence-corrected chi connectivity index (χ2v) is 7.20. The summed E-state index contributed by atoms with van der Waals surface area (Å²) in [5, 5.41) is 6.40. The Morgan fingerprint density at radius 1 is 1.27 bits per heavy atom. The van der Waals surface area contributed by atoms with Crippen LogP contribution in [-0.4, -0.2) is 27.7 Å². The van der Waals surface area contributed by atoms with E-state index in [1.54, 1.807) is 17.5 Å². The minimum Gasteiger partial charge on any atom is -0.495 e. The maximum atomic E-state index is 12.2. The Morgan fingerprint density at radius 2 is 2.00 bits per heavy atom. The summed E-state index contributed by atoms with van der Waals surface area (Å²) < 4.78 is 30.2. The third-order valence-electron chi connectivity index (χ3n) is 2.85. The minimum atomic E-state index is -3.45. The number of methoxy groups -OCH3 is 1. The van der Waals surface area contributed by atoms with E-state index in [1.807, 2.05) is 12.3 Å². The zero-order valence-electron chi connectivity index (χ0n) is 12.3. The van der Waals surface area contributed by atoms with Gasteiger partial charge in [-0.2, -0.15) is 11.3 Å². The number of carbonyl (C=O) groups is 1. The Labute approximate surface area is 133 Å². The molecule has 0 spiro atoms. The molecule has 6 nitrogen and oxygen atoms in total. The first-order chi connectivity index (χ1) is 10.3. The number of ether oxygens (including phenoxy) is 1. The van der Waals surface area contributed by atoms with Crippen LogP contribution < -0.4 is 14.8 Å². The molecule has 0 fully saturated rings. The van der Waals surface area contributed by atoms with Crippen LogP contribution in [0.3, 0.4) is 0 Å². The lowest BCUT2D eigenvalue weighted by Gasteiger charge is -2.12. The molecule has 0 saturated carbocycles. The quantitative estimate of drug-likeness (QED) is 0.876. The van der Waals surface area contributed by atoms with E-state index in [2.05, 4.69) is 10.0 Å². The predicted octanol–water partition coefficient (Wildman–Crippen LogP) is 2.69. The van der Waals surface area contributed by atoms with Crippen molar-refractivity contribution in [3.63, 3.8) is 0 Å². The molecule has 0 atom stereocenters. The van der Waals surface area contributed by atoms with Crippen LogP contribution in [0.15, 0.2) is 29.0 Å². The van der Waals surface area contributed by atoms with Crippen LogP contribution in [0.25, 0.3) is 0 Å². The third kappa shape index (κ3) is 3.99. The molecule has 0 unspecified atom stereocenters. The summed E-state index contributed by atoms with van der Waals surface area (Å²) >= 11 is 1.45. The number of thiophene rings is 1. The molecule has 2 N–H and O–H groups in total. The van der Waals surface area contributed by atoms with Gasteiger partial charge < -0.3 is 10.1 Å². The highest BCUT2D eigenvalue weighted by Gasteiger charge is 2.13. The molecule has 2 aromatic rings. The molecule has 1 aromatic carbocycles. The summed E-state index contributed by atoms with van der Waals surface area (Å²) in [4.78, 5) is 12.2. The van der Waals surface area contributed by atoms with Gasteiger partial charge in [0.25, 0.3) is 5.91 Å². The Bertz CT molecular complexity index is 797. The summed E-state index contributed by atoms with van der Waals surface area (Å²) in [5.74, 6) is 0.129. The molecule has 1 heterocycles. The number of nitrogens with one attached hydrogen (secondary N) is 2. The van der Waals surface area contributed by atoms with Gasteiger partial charge in [-0.3, -0.25) is 9.52 Å². The van der Waals surface area contributed by atoms with E-state index in [0.29, 0.717) is 17.0 Å². The van der Waals surface area contributed by atoms with Gasteiger partial charge in [0.1, 0.15) is 5.75 Å². The smallest absolute Gasteiger partial charge is 0.256 e. The van der Waals surface area contributed by atoms with Crippen molar-refractivity contribution in [1.29, 1.82) is 0 Å². The van der Waals surface area contributed by atoms with Crippen molar-refractivity contribution in [2.45, 2.75) is 6.92 Å². The molecule has 2 rings (SSSR count). The standard InChI is InChI=1S/C14H16N2O4S2/c1-9-7-21-8-11(9)14(17)15-10-4-5-13(20-2)12(6-10)16-22(3,18)19/h4-8,16H,1-3H3,(H,15,17). The average molecular weight is 340 g/mol. The fourth-order valence-electron chi connectivity index (χ4n) is 1.86. The van der Waals surface area contributed by atoms with E-state index in [9.17, 15) is 13.2 Å². The maximum Gasteiger partial charge on any atom is 0.256 e. The van der Waals surface area contributed by atoms with Gasteiger partial charge >= 0.3 is 0 Å². The van der Waals surface area contributed by atoms with Gasteiger partial charge in [-0.15, -0.1) is 0 Å². The number of hydrogen-bond acceptors (Lipinski definition) is 5. The van der Waals surface area contributed by atoms with E-state index in [1.165, 1.54) is 24.5 Å². The second kappa shape index (κ2) is 6.37. The number of rotatable bonds is 5. The number of carbonyl (C=O) groups excluding carboxylic acids is 1. The molecule has 0 saturated heterocycles. The number of sulfonamides is 1. The molecular weight excluding hydrogens is 324 g/mol. The Morgan fingerprint density at radius 3 is 2.55 bits per heavy atom. The van der Waals surface area contributed by atoms with Gasteiger partial charge in [-0.25, -0.2) is 8.42 Å². The lowest BCUT2D eigenvalue weighted by molar-refractivity contribution is 0.102. The van der Waals surface area contributed by atoms with Crippen molar-refractivity contribution in [2.75, 3.05) is 23.4 Å². The van der Waals surface area contributed by atoms with Crippen molar-refractivity contribution in [2.24, 2.45) is 0 Å². The Balaban J connectivity index is 2.27. The topological polar surface area (TPSA) is 84.5 Å². The average Bonchev–Trinajstić information content (AvgIpc) is 2.83. The summed E-state index contributed by atoms with van der Waals surface area (Å²) in [6, 6.07) is 4.75. The molecule has 1 aromatic heterocycles. The molecule has 1 amide bonds. The van der Waals surface area contributed by atoms with Crippen molar-refractivity contribution < 1.29 is 17.9 Å². The van der Waals surface area contributed by atoms with Crippen molar-refractivity contribution in [3.8, 4) is 5.75 Å². The van der Waals surface area contributed by atoms with Gasteiger partial charge in [-0.05, 0) is 36.1 Å². The zero-order chi connectivity index (χ0) is 16.3. The number of benzene rings is 1. The highest BCUT2D eigenvalue weighted by molar-refractivity contribution is 7.92. The van der Waals surface area contributed by atoms with E-state index in [0.717, 1.165) is 11.8 Å². The molecular formula is C14H16N2O4S2. The summed E-state index contributed by atoms with van der Waals surface area (Å²) in [7, 11) is -2.01. The molecule has 0 aliphatic heterocycles. The number of hydrogen-bond donors (Lipinski definition) is 2. The van der Waals surface area contributed by atoms with Gasteiger partial charge in [0.2, 0.25) is 10.0 Å². The number of aryl methyl sites for hydroxylation is 1. The molecule has 0 aliphatic carbocycles.